The number of nitrogens with zero attached hydrogens (tertiary/aromatic N) is 2. The maximum atomic E-state index is 12.9. The molecule has 0 aliphatic carbocycles. The summed E-state index contributed by atoms with van der Waals surface area (Å²) in [5.41, 5.74) is 2.54. The first kappa shape index (κ1) is 38.7. The number of phenols is 4. The largest absolute Gasteiger partial charge is 0.507 e. The predicted molar refractivity (Wildman–Crippen MR) is 201 cm³/mol. The minimum atomic E-state index is -0.617. The van der Waals surface area contributed by atoms with Gasteiger partial charge >= 0.3 is 0 Å². The molecule has 16 heteroatoms. The van der Waals surface area contributed by atoms with E-state index in [1.807, 2.05) is 0 Å². The highest BCUT2D eigenvalue weighted by Crippen LogP contribution is 2.44. The van der Waals surface area contributed by atoms with E-state index in [1.54, 1.807) is 36.4 Å². The molecule has 0 atom stereocenters. The Morgan fingerprint density at radius 1 is 0.540 bits per heavy atom. The van der Waals surface area contributed by atoms with Gasteiger partial charge in [0.1, 0.15) is 34.4 Å². The van der Waals surface area contributed by atoms with E-state index >= 15 is 0 Å². The van der Waals surface area contributed by atoms with E-state index in [0.717, 1.165) is 11.1 Å². The molecule has 262 valence electrons. The molecule has 12 nitrogen and oxygen atoms in total. The van der Waals surface area contributed by atoms with Gasteiger partial charge in [-0.1, -0.05) is 22.4 Å². The fraction of sp³-hybridized carbons (Fsp3) is 0.176. The lowest BCUT2D eigenvalue weighted by Gasteiger charge is -2.15. The van der Waals surface area contributed by atoms with Crippen LogP contribution in [0.25, 0.3) is 11.1 Å². The molecule has 4 rings (SSSR count). The molecule has 0 saturated heterocycles. The van der Waals surface area contributed by atoms with Crippen molar-refractivity contribution in [3.8, 4) is 34.1 Å². The summed E-state index contributed by atoms with van der Waals surface area (Å²) in [5, 5.41) is 72.4. The van der Waals surface area contributed by atoms with Gasteiger partial charge in [0.25, 0.3) is 11.8 Å². The van der Waals surface area contributed by atoms with Crippen LogP contribution in [0.15, 0.2) is 88.9 Å². The average Bonchev–Trinajstić information content (AvgIpc) is 3.08. The molecular weight excluding hydrogens is 912 g/mol. The number of halogens is 4. The first-order chi connectivity index (χ1) is 23.8. The summed E-state index contributed by atoms with van der Waals surface area (Å²) in [4.78, 5) is 25.7. The monoisotopic (exact) mass is 938 g/mol. The molecule has 0 aliphatic rings. The van der Waals surface area contributed by atoms with Gasteiger partial charge in [-0.2, -0.15) is 0 Å². The van der Waals surface area contributed by atoms with Crippen molar-refractivity contribution in [2.75, 3.05) is 13.1 Å². The fourth-order valence-electron chi connectivity index (χ4n) is 4.89. The van der Waals surface area contributed by atoms with Crippen LogP contribution in [0.3, 0.4) is 0 Å². The minimum absolute atomic E-state index is 0.0959. The number of aromatic hydroxyl groups is 4. The Morgan fingerprint density at radius 2 is 0.900 bits per heavy atom. The number of hydrogen-bond donors (Lipinski definition) is 8. The number of carbonyl (C=O) groups is 2. The van der Waals surface area contributed by atoms with Gasteiger partial charge in [-0.25, -0.2) is 0 Å². The van der Waals surface area contributed by atoms with E-state index in [2.05, 4.69) is 84.7 Å². The Balaban J connectivity index is 1.48. The Hall–Kier alpha value is -4.12. The number of hydrogen-bond acceptors (Lipinski definition) is 10. The third-order valence-corrected chi connectivity index (χ3v) is 9.95. The third kappa shape index (κ3) is 9.99. The van der Waals surface area contributed by atoms with Gasteiger partial charge in [0, 0.05) is 37.1 Å². The zero-order chi connectivity index (χ0) is 36.5. The standard InChI is InChI=1S/C34H30Br4N4O8/c35-23-11-17(1-3-29(23)43)5-7-39-33(47)27(41-49)15-19-9-21(31(45)25(37)13-19)22-10-20(14-26(38)32(22)46)16-28(42-50)34(48)40-8-6-18-2-4-30(44)24(36)12-18/h1-4,9-14,43-46,49-50H,5-8,15-16H2,(H,39,47)(H,40,48)/b41-27-,42-28-. The summed E-state index contributed by atoms with van der Waals surface area (Å²) in [6, 6.07) is 16.1. The van der Waals surface area contributed by atoms with Crippen molar-refractivity contribution in [2.24, 2.45) is 10.3 Å². The van der Waals surface area contributed by atoms with E-state index in [4.69, 9.17) is 0 Å². The van der Waals surface area contributed by atoms with E-state index in [9.17, 15) is 40.4 Å². The quantitative estimate of drug-likeness (QED) is 0.0411. The Morgan fingerprint density at radius 3 is 1.24 bits per heavy atom. The van der Waals surface area contributed by atoms with Crippen LogP contribution in [-0.4, -0.2) is 67.2 Å². The average molecular weight is 942 g/mol. The van der Waals surface area contributed by atoms with Crippen LogP contribution in [0, 0.1) is 0 Å². The molecule has 4 aromatic carbocycles. The van der Waals surface area contributed by atoms with Crippen molar-refractivity contribution in [3.05, 3.63) is 101 Å². The molecule has 0 fully saturated rings. The number of amides is 2. The summed E-state index contributed by atoms with van der Waals surface area (Å²) < 4.78 is 1.52. The molecule has 0 unspecified atom stereocenters. The number of nitrogens with one attached hydrogen (secondary N) is 2. The zero-order valence-corrected chi connectivity index (χ0v) is 32.3. The fourth-order valence-corrected chi connectivity index (χ4v) is 6.76. The van der Waals surface area contributed by atoms with Gasteiger partial charge in [0.15, 0.2) is 0 Å². The smallest absolute Gasteiger partial charge is 0.269 e. The van der Waals surface area contributed by atoms with Crippen molar-refractivity contribution in [2.45, 2.75) is 25.7 Å². The molecule has 0 radical (unpaired) electrons. The van der Waals surface area contributed by atoms with Crippen LogP contribution in [-0.2, 0) is 35.3 Å². The van der Waals surface area contributed by atoms with Crippen LogP contribution in [0.4, 0.5) is 0 Å². The van der Waals surface area contributed by atoms with Crippen LogP contribution >= 0.6 is 63.7 Å². The van der Waals surface area contributed by atoms with Crippen molar-refractivity contribution < 1.29 is 40.4 Å². The summed E-state index contributed by atoms with van der Waals surface area (Å²) in [6.45, 7) is 0.448. The summed E-state index contributed by atoms with van der Waals surface area (Å²) >= 11 is 13.1. The molecule has 0 heterocycles. The molecule has 50 heavy (non-hydrogen) atoms. The number of carbonyl (C=O) groups excluding carboxylic acids is 2. The van der Waals surface area contributed by atoms with Crippen molar-refractivity contribution in [1.82, 2.24) is 10.6 Å². The number of oxime groups is 2. The van der Waals surface area contributed by atoms with Gasteiger partial charge in [0.05, 0.1) is 17.9 Å². The molecule has 4 aromatic rings. The Bertz CT molecular complexity index is 1850. The first-order valence-corrected chi connectivity index (χ1v) is 17.9. The van der Waals surface area contributed by atoms with Gasteiger partial charge in [0.2, 0.25) is 0 Å². The molecule has 0 aliphatic heterocycles. The molecule has 0 aromatic heterocycles. The second-order valence-corrected chi connectivity index (χ2v) is 14.4. The van der Waals surface area contributed by atoms with E-state index < -0.39 is 11.8 Å². The molecule has 8 N–H and O–H groups in total. The van der Waals surface area contributed by atoms with E-state index in [0.29, 0.717) is 32.9 Å². The van der Waals surface area contributed by atoms with Gasteiger partial charge < -0.3 is 41.5 Å². The van der Waals surface area contributed by atoms with Crippen LogP contribution in [0.1, 0.15) is 22.3 Å². The topological polar surface area (TPSA) is 204 Å². The van der Waals surface area contributed by atoms with Gasteiger partial charge in [-0.15, -0.1) is 0 Å². The minimum Gasteiger partial charge on any atom is -0.507 e. The van der Waals surface area contributed by atoms with E-state index in [-0.39, 0.29) is 80.4 Å². The molecule has 0 bridgehead atoms. The normalized spacial score (nSPS) is 11.8. The van der Waals surface area contributed by atoms with E-state index in [1.165, 1.54) is 24.3 Å². The first-order valence-electron chi connectivity index (χ1n) is 14.8. The highest BCUT2D eigenvalue weighted by Gasteiger charge is 2.21. The van der Waals surface area contributed by atoms with Crippen LogP contribution in [0.2, 0.25) is 0 Å². The highest BCUT2D eigenvalue weighted by molar-refractivity contribution is 9.11. The lowest BCUT2D eigenvalue weighted by Crippen LogP contribution is -2.33. The third-order valence-electron chi connectivity index (χ3n) is 7.47. The van der Waals surface area contributed by atoms with Gasteiger partial charge in [-0.3, -0.25) is 9.59 Å². The van der Waals surface area contributed by atoms with Crippen molar-refractivity contribution in [3.63, 3.8) is 0 Å². The maximum Gasteiger partial charge on any atom is 0.269 e. The number of rotatable bonds is 13. The molecule has 2 amide bonds. The maximum absolute atomic E-state index is 12.9. The zero-order valence-electron chi connectivity index (χ0n) is 25.9. The second kappa shape index (κ2) is 17.7. The van der Waals surface area contributed by atoms with Crippen LogP contribution < -0.4 is 10.6 Å². The molecular formula is C34H30Br4N4O8. The summed E-state index contributed by atoms with van der Waals surface area (Å²) in [7, 11) is 0. The molecule has 0 saturated carbocycles. The second-order valence-electron chi connectivity index (χ2n) is 11.0. The predicted octanol–water partition coefficient (Wildman–Crippen LogP) is 6.69. The lowest BCUT2D eigenvalue weighted by atomic mass is 9.95. The van der Waals surface area contributed by atoms with Crippen LogP contribution in [0.5, 0.6) is 23.0 Å². The number of phenolic OH excluding ortho intramolecular Hbond substituents is 4. The van der Waals surface area contributed by atoms with Crippen molar-refractivity contribution >= 4 is 87.0 Å². The summed E-state index contributed by atoms with van der Waals surface area (Å²) in [5.74, 6) is -1.50. The summed E-state index contributed by atoms with van der Waals surface area (Å²) in [6.07, 6.45) is 0.627. The Labute approximate surface area is 320 Å². The lowest BCUT2D eigenvalue weighted by molar-refractivity contribution is -0.115. The SMILES string of the molecule is O=C(NCCc1ccc(O)c(Br)c1)/C(Cc1cc(Br)c(O)c(-c2cc(C/C(=N/O)C(=O)NCCc3ccc(O)c(Br)c3)cc(Br)c2O)c1)=N\O. The Kier molecular flexibility index (Phi) is 13.7. The molecule has 0 spiro atoms. The van der Waals surface area contributed by atoms with Gasteiger partial charge in [-0.05, 0) is 147 Å². The number of benzene rings is 4. The van der Waals surface area contributed by atoms with Crippen molar-refractivity contribution in [1.29, 1.82) is 0 Å². The highest BCUT2D eigenvalue weighted by atomic mass is 79.9.